The highest BCUT2D eigenvalue weighted by molar-refractivity contribution is 5.85. The normalized spacial score (nSPS) is 39.4. The Morgan fingerprint density at radius 1 is 1.44 bits per heavy atom. The maximum absolute atomic E-state index is 12.8. The van der Waals surface area contributed by atoms with E-state index in [1.165, 1.54) is 0 Å². The second-order valence-electron chi connectivity index (χ2n) is 4.75. The Hall–Kier alpha value is -0.780. The van der Waals surface area contributed by atoms with Crippen molar-refractivity contribution < 1.29 is 18.0 Å². The van der Waals surface area contributed by atoms with E-state index in [9.17, 15) is 18.0 Å². The summed E-state index contributed by atoms with van der Waals surface area (Å²) in [5.74, 6) is -1.89. The SMILES string of the molecule is NC(=O)C1(C(F)(F)F)CC1[C@@H]1CCCNC1. The van der Waals surface area contributed by atoms with Gasteiger partial charge in [-0.2, -0.15) is 13.2 Å². The van der Waals surface area contributed by atoms with Gasteiger partial charge in [0.2, 0.25) is 5.91 Å². The van der Waals surface area contributed by atoms with Crippen molar-refractivity contribution >= 4 is 5.91 Å². The number of carbonyl (C=O) groups excluding carboxylic acids is 1. The third-order valence-electron chi connectivity index (χ3n) is 3.86. The minimum atomic E-state index is -4.50. The number of halogens is 3. The van der Waals surface area contributed by atoms with Crippen molar-refractivity contribution in [3.8, 4) is 0 Å². The van der Waals surface area contributed by atoms with Gasteiger partial charge in [-0.05, 0) is 44.2 Å². The summed E-state index contributed by atoms with van der Waals surface area (Å²) >= 11 is 0. The molecule has 0 radical (unpaired) electrons. The predicted octanol–water partition coefficient (Wildman–Crippen LogP) is 1.04. The van der Waals surface area contributed by atoms with Gasteiger partial charge in [0, 0.05) is 0 Å². The lowest BCUT2D eigenvalue weighted by Gasteiger charge is -2.26. The molecule has 3 nitrogen and oxygen atoms in total. The predicted molar refractivity (Wildman–Crippen MR) is 51.4 cm³/mol. The average Bonchev–Trinajstić information content (AvgIpc) is 2.94. The maximum atomic E-state index is 12.8. The third-order valence-corrected chi connectivity index (χ3v) is 3.86. The number of primary amides is 1. The lowest BCUT2D eigenvalue weighted by molar-refractivity contribution is -0.196. The van der Waals surface area contributed by atoms with E-state index in [-0.39, 0.29) is 12.3 Å². The van der Waals surface area contributed by atoms with Crippen LogP contribution in [0.3, 0.4) is 0 Å². The molecular formula is C10H15F3N2O. The van der Waals surface area contributed by atoms with Gasteiger partial charge in [0.05, 0.1) is 0 Å². The summed E-state index contributed by atoms with van der Waals surface area (Å²) < 4.78 is 38.5. The van der Waals surface area contributed by atoms with E-state index >= 15 is 0 Å². The molecule has 16 heavy (non-hydrogen) atoms. The summed E-state index contributed by atoms with van der Waals surface area (Å²) in [6, 6.07) is 0. The van der Waals surface area contributed by atoms with Crippen LogP contribution in [-0.4, -0.2) is 25.2 Å². The van der Waals surface area contributed by atoms with Gasteiger partial charge in [-0.1, -0.05) is 0 Å². The van der Waals surface area contributed by atoms with Crippen LogP contribution in [0.5, 0.6) is 0 Å². The molecule has 1 amide bonds. The number of amides is 1. The molecule has 2 rings (SSSR count). The molecule has 1 heterocycles. The minimum Gasteiger partial charge on any atom is -0.369 e. The van der Waals surface area contributed by atoms with Crippen LogP contribution in [0.25, 0.3) is 0 Å². The fourth-order valence-corrected chi connectivity index (χ4v) is 2.83. The molecule has 0 aromatic heterocycles. The van der Waals surface area contributed by atoms with Gasteiger partial charge >= 0.3 is 6.18 Å². The molecule has 2 aliphatic rings. The molecule has 0 spiro atoms. The standard InChI is InChI=1S/C10H15F3N2O/c11-10(12,13)9(8(14)16)4-7(9)6-2-1-3-15-5-6/h6-7,15H,1-5H2,(H2,14,16)/t6-,7?,9?/m1/s1. The largest absolute Gasteiger partial charge is 0.403 e. The Morgan fingerprint density at radius 3 is 2.50 bits per heavy atom. The first kappa shape index (κ1) is 11.7. The monoisotopic (exact) mass is 236 g/mol. The van der Waals surface area contributed by atoms with Gasteiger partial charge in [0.1, 0.15) is 5.41 Å². The molecule has 3 N–H and O–H groups in total. The van der Waals surface area contributed by atoms with E-state index in [4.69, 9.17) is 5.73 Å². The summed E-state index contributed by atoms with van der Waals surface area (Å²) in [5.41, 5.74) is 2.70. The van der Waals surface area contributed by atoms with Crippen LogP contribution in [0.15, 0.2) is 0 Å². The van der Waals surface area contributed by atoms with Crippen molar-refractivity contribution in [3.05, 3.63) is 0 Å². The Bertz CT molecular complexity index is 299. The molecule has 3 atom stereocenters. The first-order chi connectivity index (χ1) is 7.39. The number of rotatable bonds is 2. The van der Waals surface area contributed by atoms with Crippen LogP contribution in [0.4, 0.5) is 13.2 Å². The second-order valence-corrected chi connectivity index (χ2v) is 4.75. The minimum absolute atomic E-state index is 0.0668. The third kappa shape index (κ3) is 1.59. The van der Waals surface area contributed by atoms with Crippen LogP contribution in [0.1, 0.15) is 19.3 Å². The van der Waals surface area contributed by atoms with Crippen LogP contribution >= 0.6 is 0 Å². The maximum Gasteiger partial charge on any atom is 0.403 e. The molecule has 0 aromatic carbocycles. The molecule has 1 saturated heterocycles. The van der Waals surface area contributed by atoms with Gasteiger partial charge < -0.3 is 11.1 Å². The molecule has 6 heteroatoms. The Kier molecular flexibility index (Phi) is 2.64. The topological polar surface area (TPSA) is 55.1 Å². The van der Waals surface area contributed by atoms with E-state index < -0.39 is 23.4 Å². The van der Waals surface area contributed by atoms with Gasteiger partial charge in [0.15, 0.2) is 0 Å². The summed E-state index contributed by atoms with van der Waals surface area (Å²) in [6.07, 6.45) is -3.00. The van der Waals surface area contributed by atoms with Crippen molar-refractivity contribution in [1.82, 2.24) is 5.32 Å². The quantitative estimate of drug-likeness (QED) is 0.752. The highest BCUT2D eigenvalue weighted by Crippen LogP contribution is 2.65. The van der Waals surface area contributed by atoms with E-state index in [1.807, 2.05) is 0 Å². The number of hydrogen-bond donors (Lipinski definition) is 2. The van der Waals surface area contributed by atoms with Gasteiger partial charge in [0.25, 0.3) is 0 Å². The Morgan fingerprint density at radius 2 is 2.12 bits per heavy atom. The fourth-order valence-electron chi connectivity index (χ4n) is 2.83. The van der Waals surface area contributed by atoms with E-state index in [1.54, 1.807) is 0 Å². The van der Waals surface area contributed by atoms with Gasteiger partial charge in [-0.15, -0.1) is 0 Å². The fraction of sp³-hybridized carbons (Fsp3) is 0.900. The average molecular weight is 236 g/mol. The van der Waals surface area contributed by atoms with Gasteiger partial charge in [-0.25, -0.2) is 0 Å². The summed E-state index contributed by atoms with van der Waals surface area (Å²) in [4.78, 5) is 11.1. The van der Waals surface area contributed by atoms with Crippen molar-refractivity contribution in [3.63, 3.8) is 0 Å². The van der Waals surface area contributed by atoms with Gasteiger partial charge in [-0.3, -0.25) is 4.79 Å². The van der Waals surface area contributed by atoms with E-state index in [2.05, 4.69) is 5.32 Å². The first-order valence-electron chi connectivity index (χ1n) is 5.47. The highest BCUT2D eigenvalue weighted by Gasteiger charge is 2.75. The van der Waals surface area contributed by atoms with Crippen molar-refractivity contribution in [2.45, 2.75) is 25.4 Å². The molecule has 1 aliphatic heterocycles. The first-order valence-corrected chi connectivity index (χ1v) is 5.47. The molecule has 92 valence electrons. The summed E-state index contributed by atoms with van der Waals surface area (Å²) in [6.45, 7) is 1.41. The number of nitrogens with two attached hydrogens (primary N) is 1. The number of nitrogens with one attached hydrogen (secondary N) is 1. The molecule has 1 saturated carbocycles. The van der Waals surface area contributed by atoms with E-state index in [0.717, 1.165) is 19.4 Å². The molecular weight excluding hydrogens is 221 g/mol. The molecule has 1 aliphatic carbocycles. The molecule has 2 unspecified atom stereocenters. The summed E-state index contributed by atoms with van der Waals surface area (Å²) in [5, 5.41) is 3.06. The zero-order valence-corrected chi connectivity index (χ0v) is 8.81. The van der Waals surface area contributed by atoms with Crippen molar-refractivity contribution in [2.75, 3.05) is 13.1 Å². The smallest absolute Gasteiger partial charge is 0.369 e. The van der Waals surface area contributed by atoms with Crippen LogP contribution in [-0.2, 0) is 4.79 Å². The zero-order chi connectivity index (χ0) is 12.0. The summed E-state index contributed by atoms with van der Waals surface area (Å²) in [7, 11) is 0. The Balaban J connectivity index is 2.12. The number of hydrogen-bond acceptors (Lipinski definition) is 2. The number of carbonyl (C=O) groups is 1. The van der Waals surface area contributed by atoms with Crippen LogP contribution in [0, 0.1) is 17.3 Å². The Labute approximate surface area is 91.6 Å². The van der Waals surface area contributed by atoms with Crippen molar-refractivity contribution in [2.24, 2.45) is 23.0 Å². The van der Waals surface area contributed by atoms with Crippen molar-refractivity contribution in [1.29, 1.82) is 0 Å². The van der Waals surface area contributed by atoms with Crippen LogP contribution in [0.2, 0.25) is 0 Å². The number of alkyl halides is 3. The lowest BCUT2D eigenvalue weighted by Crippen LogP contribution is -2.42. The highest BCUT2D eigenvalue weighted by atomic mass is 19.4. The number of piperidine rings is 1. The van der Waals surface area contributed by atoms with Crippen LogP contribution < -0.4 is 11.1 Å². The lowest BCUT2D eigenvalue weighted by atomic mass is 9.88. The molecule has 2 fully saturated rings. The zero-order valence-electron chi connectivity index (χ0n) is 8.81. The molecule has 0 bridgehead atoms. The molecule has 0 aromatic rings. The van der Waals surface area contributed by atoms with E-state index in [0.29, 0.717) is 6.54 Å². The second kappa shape index (κ2) is 3.61.